The molecule has 0 fully saturated rings. The highest BCUT2D eigenvalue weighted by atomic mass is 32.2. The fourth-order valence-electron chi connectivity index (χ4n) is 2.38. The minimum Gasteiger partial charge on any atom is -0.352 e. The van der Waals surface area contributed by atoms with Crippen molar-refractivity contribution < 1.29 is 17.6 Å². The fourth-order valence-corrected chi connectivity index (χ4v) is 4.39. The molecule has 0 aliphatic carbocycles. The molecule has 6 nitrogen and oxygen atoms in total. The first-order chi connectivity index (χ1) is 13.4. The van der Waals surface area contributed by atoms with Crippen molar-refractivity contribution in [3.63, 3.8) is 0 Å². The molecule has 3 rings (SSSR count). The van der Waals surface area contributed by atoms with Gasteiger partial charge in [0, 0.05) is 18.3 Å². The van der Waals surface area contributed by atoms with Crippen molar-refractivity contribution in [2.45, 2.75) is 24.3 Å². The van der Waals surface area contributed by atoms with Crippen LogP contribution < -0.4 is 10.0 Å². The average molecular weight is 420 g/mol. The normalized spacial score (nSPS) is 11.2. The minimum atomic E-state index is -3.68. The lowest BCUT2D eigenvalue weighted by Crippen LogP contribution is -2.23. The van der Waals surface area contributed by atoms with Crippen LogP contribution in [0, 0.1) is 5.82 Å². The van der Waals surface area contributed by atoms with Gasteiger partial charge in [-0.2, -0.15) is 0 Å². The summed E-state index contributed by atoms with van der Waals surface area (Å²) < 4.78 is 39.9. The Kier molecular flexibility index (Phi) is 6.37. The molecule has 146 valence electrons. The van der Waals surface area contributed by atoms with E-state index in [1.54, 1.807) is 35.7 Å². The summed E-state index contributed by atoms with van der Waals surface area (Å²) >= 11 is 1.17. The summed E-state index contributed by atoms with van der Waals surface area (Å²) in [7, 11) is -3.68. The van der Waals surface area contributed by atoms with Gasteiger partial charge in [-0.25, -0.2) is 17.8 Å². The van der Waals surface area contributed by atoms with E-state index in [0.29, 0.717) is 18.7 Å². The number of benzene rings is 2. The number of carbonyl (C=O) groups excluding carboxylic acids is 1. The molecule has 0 radical (unpaired) electrons. The number of halogens is 1. The quantitative estimate of drug-likeness (QED) is 0.586. The van der Waals surface area contributed by atoms with Crippen LogP contribution in [0.25, 0.3) is 0 Å². The summed E-state index contributed by atoms with van der Waals surface area (Å²) in [6, 6.07) is 13.9. The van der Waals surface area contributed by atoms with Crippen LogP contribution in [-0.4, -0.2) is 19.3 Å². The number of sulfonamides is 1. The molecule has 0 saturated heterocycles. The molecule has 3 aromatic rings. The fraction of sp³-hybridized carbons (Fsp3) is 0.158. The topological polar surface area (TPSA) is 88.2 Å². The molecule has 1 amide bonds. The van der Waals surface area contributed by atoms with E-state index in [2.05, 4.69) is 15.0 Å². The van der Waals surface area contributed by atoms with Gasteiger partial charge in [-0.15, -0.1) is 11.3 Å². The largest absolute Gasteiger partial charge is 0.352 e. The van der Waals surface area contributed by atoms with E-state index in [0.717, 1.165) is 5.56 Å². The van der Waals surface area contributed by atoms with E-state index in [1.165, 1.54) is 35.6 Å². The molecule has 9 heteroatoms. The molecule has 2 N–H and O–H groups in total. The highest BCUT2D eigenvalue weighted by molar-refractivity contribution is 7.93. The second-order valence-electron chi connectivity index (χ2n) is 5.97. The minimum absolute atomic E-state index is 0.159. The van der Waals surface area contributed by atoms with Gasteiger partial charge in [0.1, 0.15) is 5.82 Å². The number of carbonyl (C=O) groups is 1. The van der Waals surface area contributed by atoms with Gasteiger partial charge in [0.15, 0.2) is 5.13 Å². The summed E-state index contributed by atoms with van der Waals surface area (Å²) in [6.45, 7) is 0.318. The number of nitrogens with one attached hydrogen (secondary N) is 2. The van der Waals surface area contributed by atoms with Gasteiger partial charge < -0.3 is 5.32 Å². The first-order valence-corrected chi connectivity index (χ1v) is 10.8. The van der Waals surface area contributed by atoms with E-state index < -0.39 is 10.0 Å². The van der Waals surface area contributed by atoms with Crippen LogP contribution in [-0.2, 0) is 27.8 Å². The summed E-state index contributed by atoms with van der Waals surface area (Å²) in [5, 5.41) is 4.73. The summed E-state index contributed by atoms with van der Waals surface area (Å²) in [6.07, 6.45) is 0.606. The monoisotopic (exact) mass is 419 g/mol. The Morgan fingerprint density at radius 2 is 1.79 bits per heavy atom. The first kappa shape index (κ1) is 20.0. The zero-order chi connectivity index (χ0) is 20.0. The molecule has 1 heterocycles. The molecular formula is C19H18FN3O3S2. The SMILES string of the molecule is O=C(CCc1csc(NS(=O)(=O)c2ccccc2)n1)NCc1ccc(F)cc1. The van der Waals surface area contributed by atoms with Crippen molar-refractivity contribution in [1.29, 1.82) is 0 Å². The van der Waals surface area contributed by atoms with Crippen molar-refractivity contribution in [3.05, 3.63) is 77.1 Å². The number of thiazole rings is 1. The molecule has 1 aromatic heterocycles. The number of hydrogen-bond donors (Lipinski definition) is 2. The van der Waals surface area contributed by atoms with E-state index in [9.17, 15) is 17.6 Å². The summed E-state index contributed by atoms with van der Waals surface area (Å²) in [4.78, 5) is 16.3. The van der Waals surface area contributed by atoms with Crippen LogP contribution >= 0.6 is 11.3 Å². The van der Waals surface area contributed by atoms with Gasteiger partial charge in [0.2, 0.25) is 5.91 Å². The van der Waals surface area contributed by atoms with Gasteiger partial charge in [-0.1, -0.05) is 30.3 Å². The van der Waals surface area contributed by atoms with Crippen molar-refractivity contribution in [2.24, 2.45) is 0 Å². The van der Waals surface area contributed by atoms with Crippen molar-refractivity contribution in [2.75, 3.05) is 4.72 Å². The zero-order valence-corrected chi connectivity index (χ0v) is 16.4. The molecule has 2 aromatic carbocycles. The smallest absolute Gasteiger partial charge is 0.263 e. The standard InChI is InChI=1S/C19H18FN3O3S2/c20-15-8-6-14(7-9-15)12-21-18(24)11-10-16-13-27-19(22-16)23-28(25,26)17-4-2-1-3-5-17/h1-9,13H,10-12H2,(H,21,24)(H,22,23). The Balaban J connectivity index is 1.49. The summed E-state index contributed by atoms with van der Waals surface area (Å²) in [5.74, 6) is -0.485. The van der Waals surface area contributed by atoms with E-state index in [-0.39, 0.29) is 28.2 Å². The lowest BCUT2D eigenvalue weighted by Gasteiger charge is -2.05. The van der Waals surface area contributed by atoms with Crippen molar-refractivity contribution in [3.8, 4) is 0 Å². The molecular weight excluding hydrogens is 401 g/mol. The highest BCUT2D eigenvalue weighted by Gasteiger charge is 2.15. The van der Waals surface area contributed by atoms with Gasteiger partial charge in [-0.05, 0) is 36.2 Å². The number of rotatable bonds is 8. The maximum atomic E-state index is 12.9. The average Bonchev–Trinajstić information content (AvgIpc) is 3.13. The van der Waals surface area contributed by atoms with Crippen LogP contribution in [0.2, 0.25) is 0 Å². The van der Waals surface area contributed by atoms with E-state index in [1.807, 2.05) is 0 Å². The molecule has 0 saturated carbocycles. The third-order valence-electron chi connectivity index (χ3n) is 3.84. The van der Waals surface area contributed by atoms with Crippen LogP contribution in [0.5, 0.6) is 0 Å². The number of hydrogen-bond acceptors (Lipinski definition) is 5. The Morgan fingerprint density at radius 1 is 1.07 bits per heavy atom. The maximum Gasteiger partial charge on any atom is 0.263 e. The third-order valence-corrected chi connectivity index (χ3v) is 6.13. The maximum absolute atomic E-state index is 12.9. The van der Waals surface area contributed by atoms with Crippen molar-refractivity contribution in [1.82, 2.24) is 10.3 Å². The van der Waals surface area contributed by atoms with E-state index in [4.69, 9.17) is 0 Å². The van der Waals surface area contributed by atoms with Crippen LogP contribution in [0.15, 0.2) is 64.9 Å². The van der Waals surface area contributed by atoms with Crippen LogP contribution in [0.4, 0.5) is 9.52 Å². The van der Waals surface area contributed by atoms with Gasteiger partial charge >= 0.3 is 0 Å². The Morgan fingerprint density at radius 3 is 2.50 bits per heavy atom. The third kappa shape index (κ3) is 5.61. The zero-order valence-electron chi connectivity index (χ0n) is 14.8. The summed E-state index contributed by atoms with van der Waals surface area (Å²) in [5.41, 5.74) is 1.44. The van der Waals surface area contributed by atoms with Gasteiger partial charge in [0.05, 0.1) is 10.6 Å². The first-order valence-electron chi connectivity index (χ1n) is 8.46. The predicted octanol–water partition coefficient (Wildman–Crippen LogP) is 3.33. The Hall–Kier alpha value is -2.78. The molecule has 0 unspecified atom stereocenters. The van der Waals surface area contributed by atoms with Gasteiger partial charge in [-0.3, -0.25) is 9.52 Å². The molecule has 0 atom stereocenters. The Labute approximate surface area is 166 Å². The predicted molar refractivity (Wildman–Crippen MR) is 106 cm³/mol. The molecule has 0 spiro atoms. The highest BCUT2D eigenvalue weighted by Crippen LogP contribution is 2.20. The molecule has 28 heavy (non-hydrogen) atoms. The number of nitrogens with zero attached hydrogens (tertiary/aromatic N) is 1. The second kappa shape index (κ2) is 8.94. The molecule has 0 bridgehead atoms. The van der Waals surface area contributed by atoms with Crippen LogP contribution in [0.1, 0.15) is 17.7 Å². The number of aryl methyl sites for hydroxylation is 1. The lowest BCUT2D eigenvalue weighted by molar-refractivity contribution is -0.121. The van der Waals surface area contributed by atoms with Gasteiger partial charge in [0.25, 0.3) is 10.0 Å². The number of amides is 1. The van der Waals surface area contributed by atoms with Crippen LogP contribution in [0.3, 0.4) is 0 Å². The molecule has 0 aliphatic heterocycles. The lowest BCUT2D eigenvalue weighted by atomic mass is 10.2. The van der Waals surface area contributed by atoms with Crippen molar-refractivity contribution >= 4 is 32.4 Å². The Bertz CT molecular complexity index is 1040. The second-order valence-corrected chi connectivity index (χ2v) is 8.51. The van der Waals surface area contributed by atoms with E-state index >= 15 is 0 Å². The molecule has 0 aliphatic rings. The number of anilines is 1. The number of aromatic nitrogens is 1.